The first-order chi connectivity index (χ1) is 12.1. The van der Waals surface area contributed by atoms with E-state index in [2.05, 4.69) is 29.2 Å². The maximum atomic E-state index is 12.8. The highest BCUT2D eigenvalue weighted by Crippen LogP contribution is 2.29. The molecule has 1 fully saturated rings. The Kier molecular flexibility index (Phi) is 5.36. The SMILES string of the molecule is CCCc1cc(C(=O)N2CCCC(c3ccnc(N(C)C)c3)C2)no1. The minimum Gasteiger partial charge on any atom is -0.363 e. The Hall–Kier alpha value is -2.37. The Morgan fingerprint density at radius 1 is 1.40 bits per heavy atom. The second kappa shape index (κ2) is 7.68. The van der Waals surface area contributed by atoms with Gasteiger partial charge in [-0.3, -0.25) is 4.79 Å². The minimum absolute atomic E-state index is 0.0299. The maximum Gasteiger partial charge on any atom is 0.276 e. The van der Waals surface area contributed by atoms with Crippen LogP contribution in [-0.2, 0) is 6.42 Å². The normalized spacial score (nSPS) is 17.6. The minimum atomic E-state index is -0.0299. The molecule has 6 nitrogen and oxygen atoms in total. The van der Waals surface area contributed by atoms with Gasteiger partial charge in [-0.1, -0.05) is 12.1 Å². The molecule has 1 amide bonds. The van der Waals surface area contributed by atoms with Crippen LogP contribution in [0.25, 0.3) is 0 Å². The summed E-state index contributed by atoms with van der Waals surface area (Å²) < 4.78 is 5.26. The first-order valence-electron chi connectivity index (χ1n) is 8.96. The van der Waals surface area contributed by atoms with Crippen LogP contribution in [0.3, 0.4) is 0 Å². The van der Waals surface area contributed by atoms with Crippen LogP contribution in [0.15, 0.2) is 28.9 Å². The lowest BCUT2D eigenvalue weighted by molar-refractivity contribution is 0.0696. The van der Waals surface area contributed by atoms with Gasteiger partial charge in [0.05, 0.1) is 0 Å². The lowest BCUT2D eigenvalue weighted by atomic mass is 9.91. The molecule has 0 radical (unpaired) electrons. The Morgan fingerprint density at radius 3 is 3.00 bits per heavy atom. The number of carbonyl (C=O) groups excluding carboxylic acids is 1. The molecule has 3 heterocycles. The molecule has 0 aliphatic carbocycles. The van der Waals surface area contributed by atoms with E-state index in [0.717, 1.165) is 43.8 Å². The molecule has 0 saturated carbocycles. The summed E-state index contributed by atoms with van der Waals surface area (Å²) in [6.45, 7) is 3.57. The Balaban J connectivity index is 1.72. The topological polar surface area (TPSA) is 62.5 Å². The van der Waals surface area contributed by atoms with E-state index in [4.69, 9.17) is 4.52 Å². The molecule has 0 N–H and O–H groups in total. The molecule has 1 aliphatic heterocycles. The fourth-order valence-corrected chi connectivity index (χ4v) is 3.31. The van der Waals surface area contributed by atoms with Gasteiger partial charge in [0.25, 0.3) is 5.91 Å². The van der Waals surface area contributed by atoms with Crippen molar-refractivity contribution in [3.8, 4) is 0 Å². The van der Waals surface area contributed by atoms with E-state index in [1.807, 2.05) is 30.1 Å². The largest absolute Gasteiger partial charge is 0.363 e. The zero-order chi connectivity index (χ0) is 17.8. The highest BCUT2D eigenvalue weighted by atomic mass is 16.5. The molecule has 1 saturated heterocycles. The van der Waals surface area contributed by atoms with Crippen molar-refractivity contribution >= 4 is 11.7 Å². The van der Waals surface area contributed by atoms with Crippen LogP contribution >= 0.6 is 0 Å². The summed E-state index contributed by atoms with van der Waals surface area (Å²) in [4.78, 5) is 21.0. The van der Waals surface area contributed by atoms with Crippen LogP contribution in [0.5, 0.6) is 0 Å². The Labute approximate surface area is 148 Å². The molecule has 6 heteroatoms. The van der Waals surface area contributed by atoms with Gasteiger partial charge in [0.2, 0.25) is 0 Å². The number of hydrogen-bond acceptors (Lipinski definition) is 5. The average Bonchev–Trinajstić information content (AvgIpc) is 3.10. The number of pyridine rings is 1. The number of aryl methyl sites for hydroxylation is 1. The monoisotopic (exact) mass is 342 g/mol. The molecular weight excluding hydrogens is 316 g/mol. The quantitative estimate of drug-likeness (QED) is 0.835. The van der Waals surface area contributed by atoms with Crippen molar-refractivity contribution in [1.82, 2.24) is 15.0 Å². The summed E-state index contributed by atoms with van der Waals surface area (Å²) in [7, 11) is 3.97. The molecular formula is C19H26N4O2. The van der Waals surface area contributed by atoms with Crippen molar-refractivity contribution in [2.45, 2.75) is 38.5 Å². The third kappa shape index (κ3) is 4.00. The Morgan fingerprint density at radius 2 is 2.24 bits per heavy atom. The standard InChI is InChI=1S/C19H26N4O2/c1-4-6-16-12-17(21-25-16)19(24)23-10-5-7-15(13-23)14-8-9-20-18(11-14)22(2)3/h8-9,11-12,15H,4-7,10,13H2,1-3H3. The second-order valence-corrected chi connectivity index (χ2v) is 6.86. The summed E-state index contributed by atoms with van der Waals surface area (Å²) in [5.74, 6) is 2.03. The number of likely N-dealkylation sites (tertiary alicyclic amines) is 1. The van der Waals surface area contributed by atoms with Gasteiger partial charge in [-0.15, -0.1) is 0 Å². The summed E-state index contributed by atoms with van der Waals surface area (Å²) in [6.07, 6.45) is 5.72. The number of carbonyl (C=O) groups is 1. The highest BCUT2D eigenvalue weighted by molar-refractivity contribution is 5.92. The molecule has 1 aliphatic rings. The number of amides is 1. The van der Waals surface area contributed by atoms with Crippen LogP contribution in [0, 0.1) is 0 Å². The molecule has 0 spiro atoms. The fraction of sp³-hybridized carbons (Fsp3) is 0.526. The highest BCUT2D eigenvalue weighted by Gasteiger charge is 2.27. The fourth-order valence-electron chi connectivity index (χ4n) is 3.31. The van der Waals surface area contributed by atoms with E-state index < -0.39 is 0 Å². The van der Waals surface area contributed by atoms with Crippen molar-refractivity contribution in [2.75, 3.05) is 32.1 Å². The summed E-state index contributed by atoms with van der Waals surface area (Å²) in [6, 6.07) is 5.96. The third-order valence-corrected chi connectivity index (χ3v) is 4.68. The maximum absolute atomic E-state index is 12.8. The van der Waals surface area contributed by atoms with Gasteiger partial charge < -0.3 is 14.3 Å². The van der Waals surface area contributed by atoms with Crippen molar-refractivity contribution in [1.29, 1.82) is 0 Å². The zero-order valence-corrected chi connectivity index (χ0v) is 15.2. The Bertz CT molecular complexity index is 726. The predicted octanol–water partition coefficient (Wildman–Crippen LogP) is 3.11. The van der Waals surface area contributed by atoms with Crippen molar-refractivity contribution in [2.24, 2.45) is 0 Å². The van der Waals surface area contributed by atoms with E-state index in [0.29, 0.717) is 18.2 Å². The lowest BCUT2D eigenvalue weighted by Gasteiger charge is -2.32. The summed E-state index contributed by atoms with van der Waals surface area (Å²) >= 11 is 0. The van der Waals surface area contributed by atoms with Crippen molar-refractivity contribution in [3.05, 3.63) is 41.4 Å². The zero-order valence-electron chi connectivity index (χ0n) is 15.2. The van der Waals surface area contributed by atoms with Crippen molar-refractivity contribution in [3.63, 3.8) is 0 Å². The summed E-state index contributed by atoms with van der Waals surface area (Å²) in [5, 5.41) is 3.96. The van der Waals surface area contributed by atoms with Gasteiger partial charge in [0.15, 0.2) is 5.69 Å². The molecule has 2 aromatic rings. The number of anilines is 1. The van der Waals surface area contributed by atoms with Crippen LogP contribution in [0.1, 0.15) is 53.9 Å². The number of aromatic nitrogens is 2. The molecule has 3 rings (SSSR count). The molecule has 0 bridgehead atoms. The lowest BCUT2D eigenvalue weighted by Crippen LogP contribution is -2.39. The second-order valence-electron chi connectivity index (χ2n) is 6.86. The molecule has 134 valence electrons. The van der Waals surface area contributed by atoms with E-state index >= 15 is 0 Å². The van der Waals surface area contributed by atoms with Gasteiger partial charge in [0, 0.05) is 51.8 Å². The van der Waals surface area contributed by atoms with E-state index in [1.165, 1.54) is 5.56 Å². The van der Waals surface area contributed by atoms with Gasteiger partial charge in [-0.25, -0.2) is 4.98 Å². The molecule has 25 heavy (non-hydrogen) atoms. The molecule has 1 atom stereocenters. The molecule has 2 aromatic heterocycles. The number of piperidine rings is 1. The average molecular weight is 342 g/mol. The van der Waals surface area contributed by atoms with Crippen LogP contribution < -0.4 is 4.90 Å². The van der Waals surface area contributed by atoms with Gasteiger partial charge >= 0.3 is 0 Å². The van der Waals surface area contributed by atoms with E-state index in [9.17, 15) is 4.79 Å². The predicted molar refractivity (Wildman–Crippen MR) is 96.9 cm³/mol. The van der Waals surface area contributed by atoms with Crippen molar-refractivity contribution < 1.29 is 9.32 Å². The smallest absolute Gasteiger partial charge is 0.276 e. The van der Waals surface area contributed by atoms with Gasteiger partial charge in [-0.2, -0.15) is 0 Å². The van der Waals surface area contributed by atoms with Crippen LogP contribution in [0.2, 0.25) is 0 Å². The number of hydrogen-bond donors (Lipinski definition) is 0. The molecule has 0 aromatic carbocycles. The first-order valence-corrected chi connectivity index (χ1v) is 8.96. The molecule has 1 unspecified atom stereocenters. The number of nitrogens with zero attached hydrogens (tertiary/aromatic N) is 4. The number of rotatable bonds is 5. The first kappa shape index (κ1) is 17.5. The van der Waals surface area contributed by atoms with Crippen LogP contribution in [-0.4, -0.2) is 48.1 Å². The van der Waals surface area contributed by atoms with E-state index in [-0.39, 0.29) is 5.91 Å². The van der Waals surface area contributed by atoms with Crippen LogP contribution in [0.4, 0.5) is 5.82 Å². The summed E-state index contributed by atoms with van der Waals surface area (Å²) in [5.41, 5.74) is 1.66. The third-order valence-electron chi connectivity index (χ3n) is 4.68. The van der Waals surface area contributed by atoms with Gasteiger partial charge in [0.1, 0.15) is 11.6 Å². The van der Waals surface area contributed by atoms with E-state index in [1.54, 1.807) is 6.07 Å². The van der Waals surface area contributed by atoms with Gasteiger partial charge in [-0.05, 0) is 37.0 Å².